The zero-order valence-electron chi connectivity index (χ0n) is 8.84. The van der Waals surface area contributed by atoms with Crippen LogP contribution in [0.3, 0.4) is 0 Å². The summed E-state index contributed by atoms with van der Waals surface area (Å²) in [6.45, 7) is 4.08. The van der Waals surface area contributed by atoms with Gasteiger partial charge in [0.2, 0.25) is 0 Å². The van der Waals surface area contributed by atoms with E-state index in [9.17, 15) is 0 Å². The van der Waals surface area contributed by atoms with Gasteiger partial charge in [0.15, 0.2) is 0 Å². The molecule has 1 N–H and O–H groups in total. The highest BCUT2D eigenvalue weighted by molar-refractivity contribution is 5.32. The highest BCUT2D eigenvalue weighted by Gasteiger charge is 2.12. The standard InChI is InChI=1S/C12H18N2/c1-2-13-9-12-11-6-4-3-5-10(11)7-8-14-12/h7-8,13H,2-6,9H2,1H3. The van der Waals surface area contributed by atoms with Crippen molar-refractivity contribution in [3.8, 4) is 0 Å². The van der Waals surface area contributed by atoms with Crippen LogP contribution in [0.15, 0.2) is 12.3 Å². The van der Waals surface area contributed by atoms with E-state index in [2.05, 4.69) is 23.3 Å². The molecule has 0 aromatic carbocycles. The first kappa shape index (κ1) is 9.66. The van der Waals surface area contributed by atoms with Crippen LogP contribution in [0.5, 0.6) is 0 Å². The van der Waals surface area contributed by atoms with E-state index in [-0.39, 0.29) is 0 Å². The van der Waals surface area contributed by atoms with Gasteiger partial charge in [0.25, 0.3) is 0 Å². The molecule has 0 saturated carbocycles. The minimum atomic E-state index is 0.930. The summed E-state index contributed by atoms with van der Waals surface area (Å²) in [5.41, 5.74) is 4.31. The first-order chi connectivity index (χ1) is 6.92. The lowest BCUT2D eigenvalue weighted by atomic mass is 9.91. The summed E-state index contributed by atoms with van der Waals surface area (Å²) in [7, 11) is 0. The molecule has 0 radical (unpaired) electrons. The number of rotatable bonds is 3. The molecule has 0 aliphatic heterocycles. The van der Waals surface area contributed by atoms with Crippen molar-refractivity contribution >= 4 is 0 Å². The van der Waals surface area contributed by atoms with Gasteiger partial charge in [-0.25, -0.2) is 0 Å². The van der Waals surface area contributed by atoms with Crippen molar-refractivity contribution in [2.75, 3.05) is 6.54 Å². The molecule has 2 heteroatoms. The highest BCUT2D eigenvalue weighted by Crippen LogP contribution is 2.22. The summed E-state index contributed by atoms with van der Waals surface area (Å²) in [5, 5.41) is 3.35. The fourth-order valence-corrected chi connectivity index (χ4v) is 2.13. The zero-order chi connectivity index (χ0) is 9.80. The zero-order valence-corrected chi connectivity index (χ0v) is 8.84. The van der Waals surface area contributed by atoms with E-state index in [0.717, 1.165) is 13.1 Å². The number of fused-ring (bicyclic) bond motifs is 1. The molecule has 1 aromatic rings. The van der Waals surface area contributed by atoms with E-state index in [1.807, 2.05) is 6.20 Å². The first-order valence-electron chi connectivity index (χ1n) is 5.58. The van der Waals surface area contributed by atoms with Gasteiger partial charge in [0.1, 0.15) is 0 Å². The van der Waals surface area contributed by atoms with E-state index in [0.29, 0.717) is 0 Å². The van der Waals surface area contributed by atoms with Gasteiger partial charge in [-0.3, -0.25) is 4.98 Å². The van der Waals surface area contributed by atoms with Crippen LogP contribution in [0.25, 0.3) is 0 Å². The van der Waals surface area contributed by atoms with Crippen LogP contribution in [-0.2, 0) is 19.4 Å². The van der Waals surface area contributed by atoms with Crippen LogP contribution >= 0.6 is 0 Å². The molecule has 1 heterocycles. The maximum atomic E-state index is 4.47. The first-order valence-corrected chi connectivity index (χ1v) is 5.58. The van der Waals surface area contributed by atoms with E-state index < -0.39 is 0 Å². The fraction of sp³-hybridized carbons (Fsp3) is 0.583. The summed E-state index contributed by atoms with van der Waals surface area (Å²) >= 11 is 0. The molecule has 14 heavy (non-hydrogen) atoms. The number of aryl methyl sites for hydroxylation is 1. The van der Waals surface area contributed by atoms with Crippen LogP contribution in [-0.4, -0.2) is 11.5 Å². The number of hydrogen-bond donors (Lipinski definition) is 1. The molecule has 0 fully saturated rings. The van der Waals surface area contributed by atoms with Crippen molar-refractivity contribution in [1.82, 2.24) is 10.3 Å². The minimum Gasteiger partial charge on any atom is -0.311 e. The second-order valence-corrected chi connectivity index (χ2v) is 3.88. The second kappa shape index (κ2) is 4.56. The molecule has 0 atom stereocenters. The molecular weight excluding hydrogens is 172 g/mol. The van der Waals surface area contributed by atoms with Gasteiger partial charge in [0, 0.05) is 12.7 Å². The number of nitrogens with zero attached hydrogens (tertiary/aromatic N) is 1. The van der Waals surface area contributed by atoms with Gasteiger partial charge >= 0.3 is 0 Å². The van der Waals surface area contributed by atoms with Crippen molar-refractivity contribution in [2.45, 2.75) is 39.2 Å². The number of aromatic nitrogens is 1. The van der Waals surface area contributed by atoms with Gasteiger partial charge in [-0.15, -0.1) is 0 Å². The van der Waals surface area contributed by atoms with Crippen molar-refractivity contribution in [3.63, 3.8) is 0 Å². The summed E-state index contributed by atoms with van der Waals surface area (Å²) in [5.74, 6) is 0. The monoisotopic (exact) mass is 190 g/mol. The van der Waals surface area contributed by atoms with E-state index >= 15 is 0 Å². The topological polar surface area (TPSA) is 24.9 Å². The summed E-state index contributed by atoms with van der Waals surface area (Å²) in [4.78, 5) is 4.47. The Morgan fingerprint density at radius 3 is 3.07 bits per heavy atom. The molecule has 0 amide bonds. The van der Waals surface area contributed by atoms with Crippen LogP contribution in [0.2, 0.25) is 0 Å². The Morgan fingerprint density at radius 1 is 1.36 bits per heavy atom. The van der Waals surface area contributed by atoms with Gasteiger partial charge in [-0.1, -0.05) is 6.92 Å². The Morgan fingerprint density at radius 2 is 2.21 bits per heavy atom. The van der Waals surface area contributed by atoms with Crippen molar-refractivity contribution in [1.29, 1.82) is 0 Å². The lowest BCUT2D eigenvalue weighted by Crippen LogP contribution is -2.17. The van der Waals surface area contributed by atoms with Crippen LogP contribution < -0.4 is 5.32 Å². The van der Waals surface area contributed by atoms with Gasteiger partial charge in [0.05, 0.1) is 5.69 Å². The average molecular weight is 190 g/mol. The highest BCUT2D eigenvalue weighted by atomic mass is 14.9. The molecule has 0 unspecified atom stereocenters. The molecule has 0 spiro atoms. The van der Waals surface area contributed by atoms with Crippen molar-refractivity contribution < 1.29 is 0 Å². The van der Waals surface area contributed by atoms with Gasteiger partial charge < -0.3 is 5.32 Å². The van der Waals surface area contributed by atoms with E-state index in [1.165, 1.54) is 42.5 Å². The number of hydrogen-bond acceptors (Lipinski definition) is 2. The lowest BCUT2D eigenvalue weighted by Gasteiger charge is -2.18. The maximum absolute atomic E-state index is 4.47. The Kier molecular flexibility index (Phi) is 3.14. The quantitative estimate of drug-likeness (QED) is 0.789. The van der Waals surface area contributed by atoms with Gasteiger partial charge in [-0.2, -0.15) is 0 Å². The number of pyridine rings is 1. The molecule has 2 rings (SSSR count). The largest absolute Gasteiger partial charge is 0.311 e. The minimum absolute atomic E-state index is 0.930. The smallest absolute Gasteiger partial charge is 0.0576 e. The molecular formula is C12H18N2. The molecule has 0 bridgehead atoms. The third-order valence-electron chi connectivity index (χ3n) is 2.91. The Bertz CT molecular complexity index is 307. The predicted octanol–water partition coefficient (Wildman–Crippen LogP) is 2.07. The predicted molar refractivity (Wildman–Crippen MR) is 58.3 cm³/mol. The summed E-state index contributed by atoms with van der Waals surface area (Å²) in [6, 6.07) is 2.18. The molecule has 76 valence electrons. The van der Waals surface area contributed by atoms with Crippen molar-refractivity contribution in [3.05, 3.63) is 29.1 Å². The fourth-order valence-electron chi connectivity index (χ4n) is 2.13. The Hall–Kier alpha value is -0.890. The molecule has 0 saturated heterocycles. The summed E-state index contributed by atoms with van der Waals surface area (Å²) < 4.78 is 0. The third kappa shape index (κ3) is 1.95. The maximum Gasteiger partial charge on any atom is 0.0576 e. The normalized spacial score (nSPS) is 15.2. The van der Waals surface area contributed by atoms with Crippen LogP contribution in [0, 0.1) is 0 Å². The van der Waals surface area contributed by atoms with E-state index in [1.54, 1.807) is 0 Å². The Labute approximate surface area is 85.7 Å². The average Bonchev–Trinajstić information content (AvgIpc) is 2.26. The lowest BCUT2D eigenvalue weighted by molar-refractivity contribution is 0.648. The molecule has 1 aromatic heterocycles. The number of nitrogens with one attached hydrogen (secondary N) is 1. The van der Waals surface area contributed by atoms with Gasteiger partial charge in [-0.05, 0) is 49.4 Å². The molecule has 2 nitrogen and oxygen atoms in total. The van der Waals surface area contributed by atoms with Crippen LogP contribution in [0.1, 0.15) is 36.6 Å². The molecule has 1 aliphatic carbocycles. The molecule has 1 aliphatic rings. The third-order valence-corrected chi connectivity index (χ3v) is 2.91. The Balaban J connectivity index is 2.21. The van der Waals surface area contributed by atoms with Crippen molar-refractivity contribution in [2.24, 2.45) is 0 Å². The SMILES string of the molecule is CCNCc1nccc2c1CCCC2. The van der Waals surface area contributed by atoms with Crippen LogP contribution in [0.4, 0.5) is 0 Å². The van der Waals surface area contributed by atoms with E-state index in [4.69, 9.17) is 0 Å². The second-order valence-electron chi connectivity index (χ2n) is 3.88. The summed E-state index contributed by atoms with van der Waals surface area (Å²) in [6.07, 6.45) is 7.10.